The third-order valence-corrected chi connectivity index (χ3v) is 2.27. The van der Waals surface area contributed by atoms with Crippen molar-refractivity contribution in [1.82, 2.24) is 0 Å². The number of hydrogen-bond donors (Lipinski definition) is 1. The van der Waals surface area contributed by atoms with Crippen molar-refractivity contribution in [2.24, 2.45) is 0 Å². The Balaban J connectivity index is 2.63. The summed E-state index contributed by atoms with van der Waals surface area (Å²) in [7, 11) is 0. The molecule has 0 aliphatic heterocycles. The summed E-state index contributed by atoms with van der Waals surface area (Å²) >= 11 is 0. The molecule has 3 heteroatoms. The van der Waals surface area contributed by atoms with Crippen LogP contribution in [0.3, 0.4) is 0 Å². The van der Waals surface area contributed by atoms with E-state index < -0.39 is 0 Å². The monoisotopic (exact) mass is 204 g/mol. The lowest BCUT2D eigenvalue weighted by Crippen LogP contribution is -2.32. The number of rotatable bonds is 1. The molecule has 1 heterocycles. The summed E-state index contributed by atoms with van der Waals surface area (Å²) in [6, 6.07) is 9.76. The van der Waals surface area contributed by atoms with Gasteiger partial charge in [0.25, 0.3) is 5.69 Å². The number of hydrogen-bond acceptors (Lipinski definition) is 1. The first-order valence-corrected chi connectivity index (χ1v) is 4.65. The minimum Gasteiger partial charge on any atom is -0.285 e. The Morgan fingerprint density at radius 1 is 1.20 bits per heavy atom. The summed E-state index contributed by atoms with van der Waals surface area (Å²) in [6.07, 6.45) is 1.52. The highest BCUT2D eigenvalue weighted by Gasteiger charge is 2.15. The lowest BCUT2D eigenvalue weighted by Gasteiger charge is -2.00. The largest absolute Gasteiger partial charge is 0.285 e. The van der Waals surface area contributed by atoms with E-state index in [9.17, 15) is 9.60 Å². The van der Waals surface area contributed by atoms with E-state index in [-0.39, 0.29) is 5.82 Å². The predicted molar refractivity (Wildman–Crippen MR) is 54.0 cm³/mol. The first-order valence-electron chi connectivity index (χ1n) is 4.65. The van der Waals surface area contributed by atoms with E-state index >= 15 is 0 Å². The van der Waals surface area contributed by atoms with Crippen molar-refractivity contribution in [1.29, 1.82) is 0 Å². The van der Waals surface area contributed by atoms with E-state index in [1.807, 2.05) is 13.0 Å². The van der Waals surface area contributed by atoms with Crippen LogP contribution in [-0.2, 0) is 0 Å². The van der Waals surface area contributed by atoms with Crippen LogP contribution in [0.1, 0.15) is 5.56 Å². The van der Waals surface area contributed by atoms with Crippen LogP contribution in [0.2, 0.25) is 0 Å². The van der Waals surface area contributed by atoms with Crippen LogP contribution in [-0.4, -0.2) is 5.21 Å². The van der Waals surface area contributed by atoms with Gasteiger partial charge in [-0.25, -0.2) is 4.39 Å². The standard InChI is InChI=1S/C12H11FNO/c1-9-4-3-7-14(15)12(9)10-5-2-6-11(13)8-10/h2-8,15H,1H3/q+1. The number of benzene rings is 1. The molecule has 0 fully saturated rings. The van der Waals surface area contributed by atoms with Gasteiger partial charge in [-0.05, 0) is 31.2 Å². The molecule has 2 rings (SSSR count). The molecule has 0 atom stereocenters. The minimum atomic E-state index is -0.309. The molecule has 2 aromatic rings. The quantitative estimate of drug-likeness (QED) is 0.559. The molecule has 0 amide bonds. The normalized spacial score (nSPS) is 10.3. The SMILES string of the molecule is Cc1ccc[n+](O)c1-c1cccc(F)c1. The van der Waals surface area contributed by atoms with Gasteiger partial charge in [-0.2, -0.15) is 0 Å². The maximum absolute atomic E-state index is 13.0. The van der Waals surface area contributed by atoms with Crippen LogP contribution in [0, 0.1) is 12.7 Å². The highest BCUT2D eigenvalue weighted by molar-refractivity contribution is 5.59. The Bertz CT molecular complexity index is 476. The topological polar surface area (TPSA) is 24.1 Å². The molecule has 2 nitrogen and oxygen atoms in total. The average molecular weight is 204 g/mol. The van der Waals surface area contributed by atoms with E-state index in [2.05, 4.69) is 0 Å². The first kappa shape index (κ1) is 9.65. The highest BCUT2D eigenvalue weighted by atomic mass is 19.1. The molecule has 1 N–H and O–H groups in total. The summed E-state index contributed by atoms with van der Waals surface area (Å²) in [5, 5.41) is 9.63. The zero-order chi connectivity index (χ0) is 10.8. The Morgan fingerprint density at radius 2 is 2.00 bits per heavy atom. The van der Waals surface area contributed by atoms with Gasteiger partial charge in [0.1, 0.15) is 5.82 Å². The van der Waals surface area contributed by atoms with Gasteiger partial charge in [0.2, 0.25) is 6.20 Å². The van der Waals surface area contributed by atoms with Crippen molar-refractivity contribution in [3.8, 4) is 11.3 Å². The van der Waals surface area contributed by atoms with Crippen LogP contribution in [0.4, 0.5) is 4.39 Å². The van der Waals surface area contributed by atoms with E-state index in [1.165, 1.54) is 18.3 Å². The number of aromatic nitrogens is 1. The van der Waals surface area contributed by atoms with E-state index in [1.54, 1.807) is 18.2 Å². The molecular formula is C12H11FNO+. The van der Waals surface area contributed by atoms with Gasteiger partial charge in [-0.1, -0.05) is 6.07 Å². The second-order valence-electron chi connectivity index (χ2n) is 3.39. The lowest BCUT2D eigenvalue weighted by atomic mass is 10.1. The van der Waals surface area contributed by atoms with Crippen molar-refractivity contribution in [2.75, 3.05) is 0 Å². The molecule has 0 spiro atoms. The van der Waals surface area contributed by atoms with Crippen LogP contribution in [0.25, 0.3) is 11.3 Å². The predicted octanol–water partition coefficient (Wildman–Crippen LogP) is 2.33. The molecule has 15 heavy (non-hydrogen) atoms. The zero-order valence-corrected chi connectivity index (χ0v) is 8.31. The fourth-order valence-electron chi connectivity index (χ4n) is 1.60. The molecule has 1 aromatic carbocycles. The third-order valence-electron chi connectivity index (χ3n) is 2.27. The first-order chi connectivity index (χ1) is 7.18. The zero-order valence-electron chi connectivity index (χ0n) is 8.31. The maximum Gasteiger partial charge on any atom is 0.267 e. The fraction of sp³-hybridized carbons (Fsp3) is 0.0833. The van der Waals surface area contributed by atoms with Crippen molar-refractivity contribution in [3.05, 3.63) is 54.0 Å². The second kappa shape index (κ2) is 3.69. The van der Waals surface area contributed by atoms with Crippen molar-refractivity contribution in [3.63, 3.8) is 0 Å². The molecule has 0 saturated heterocycles. The van der Waals surface area contributed by atoms with Crippen molar-refractivity contribution >= 4 is 0 Å². The van der Waals surface area contributed by atoms with E-state index in [0.717, 1.165) is 10.3 Å². The van der Waals surface area contributed by atoms with Crippen LogP contribution < -0.4 is 4.73 Å². The summed E-state index contributed by atoms with van der Waals surface area (Å²) < 4.78 is 14.0. The maximum atomic E-state index is 13.0. The number of pyridine rings is 1. The smallest absolute Gasteiger partial charge is 0.267 e. The summed E-state index contributed by atoms with van der Waals surface area (Å²) in [6.45, 7) is 1.87. The van der Waals surface area contributed by atoms with E-state index in [0.29, 0.717) is 11.3 Å². The number of halogens is 1. The summed E-state index contributed by atoms with van der Waals surface area (Å²) in [4.78, 5) is 0. The molecule has 0 aliphatic carbocycles. The molecule has 0 saturated carbocycles. The molecule has 0 aliphatic rings. The van der Waals surface area contributed by atoms with Gasteiger partial charge in [-0.15, -0.1) is 0 Å². The molecule has 0 bridgehead atoms. The second-order valence-corrected chi connectivity index (χ2v) is 3.39. The van der Waals surface area contributed by atoms with Gasteiger partial charge < -0.3 is 0 Å². The summed E-state index contributed by atoms with van der Waals surface area (Å²) in [5.74, 6) is -0.309. The molecular weight excluding hydrogens is 193 g/mol. The van der Waals surface area contributed by atoms with Gasteiger partial charge in [0, 0.05) is 16.4 Å². The lowest BCUT2D eigenvalue weighted by molar-refractivity contribution is -0.896. The van der Waals surface area contributed by atoms with Crippen molar-refractivity contribution in [2.45, 2.75) is 6.92 Å². The fourth-order valence-corrected chi connectivity index (χ4v) is 1.60. The number of aryl methyl sites for hydroxylation is 1. The van der Waals surface area contributed by atoms with E-state index in [4.69, 9.17) is 0 Å². The van der Waals surface area contributed by atoms with Gasteiger partial charge >= 0.3 is 0 Å². The molecule has 76 valence electrons. The third kappa shape index (κ3) is 1.81. The number of nitrogens with zero attached hydrogens (tertiary/aromatic N) is 1. The Labute approximate surface area is 87.2 Å². The highest BCUT2D eigenvalue weighted by Crippen LogP contribution is 2.19. The Morgan fingerprint density at radius 3 is 2.67 bits per heavy atom. The van der Waals surface area contributed by atoms with Crippen LogP contribution >= 0.6 is 0 Å². The molecule has 0 radical (unpaired) electrons. The van der Waals surface area contributed by atoms with Crippen LogP contribution in [0.5, 0.6) is 0 Å². The Hall–Kier alpha value is -1.90. The summed E-state index contributed by atoms with van der Waals surface area (Å²) in [5.41, 5.74) is 2.17. The Kier molecular flexibility index (Phi) is 2.37. The van der Waals surface area contributed by atoms with Gasteiger partial charge in [0.15, 0.2) is 0 Å². The van der Waals surface area contributed by atoms with Gasteiger partial charge in [0.05, 0.1) is 5.56 Å². The van der Waals surface area contributed by atoms with Gasteiger partial charge in [-0.3, -0.25) is 5.21 Å². The van der Waals surface area contributed by atoms with Crippen molar-refractivity contribution < 1.29 is 14.3 Å². The molecule has 1 aromatic heterocycles. The van der Waals surface area contributed by atoms with Crippen LogP contribution in [0.15, 0.2) is 42.6 Å². The molecule has 0 unspecified atom stereocenters. The average Bonchev–Trinajstić information content (AvgIpc) is 2.17. The minimum absolute atomic E-state index is 0.309.